The average molecular weight is 218 g/mol. The monoisotopic (exact) mass is 218 g/mol. The van der Waals surface area contributed by atoms with Gasteiger partial charge < -0.3 is 0 Å². The van der Waals surface area contributed by atoms with Crippen LogP contribution in [-0.2, 0) is 0 Å². The Kier molecular flexibility index (Phi) is 3.49. The van der Waals surface area contributed by atoms with Crippen LogP contribution < -0.4 is 0 Å². The summed E-state index contributed by atoms with van der Waals surface area (Å²) in [5.74, 6) is 0.583. The minimum atomic E-state index is 0.583. The molecule has 1 aromatic rings. The van der Waals surface area contributed by atoms with E-state index in [2.05, 4.69) is 35.2 Å². The highest BCUT2D eigenvalue weighted by Gasteiger charge is 2.13. The van der Waals surface area contributed by atoms with Crippen LogP contribution in [0.15, 0.2) is 29.4 Å². The van der Waals surface area contributed by atoms with Crippen LogP contribution in [0.4, 0.5) is 0 Å². The van der Waals surface area contributed by atoms with Gasteiger partial charge in [-0.05, 0) is 37.2 Å². The van der Waals surface area contributed by atoms with Gasteiger partial charge in [0.25, 0.3) is 0 Å². The molecule has 1 aliphatic rings. The second kappa shape index (κ2) is 5.05. The molecule has 0 bridgehead atoms. The Hall–Kier alpha value is -1.45. The molecular weight excluding hydrogens is 200 g/mol. The third-order valence-electron chi connectivity index (χ3n) is 2.66. The van der Waals surface area contributed by atoms with Crippen molar-refractivity contribution in [3.05, 3.63) is 24.3 Å². The standard InChI is InChI=1S/C12H18N4/c1-10(2)7-11-5-3-4-6-12(11)15-16-8-13-14-9-16/h7-10H,3-6H2,1-2H3/b11-7+,15-12-. The van der Waals surface area contributed by atoms with E-state index in [-0.39, 0.29) is 0 Å². The van der Waals surface area contributed by atoms with Crippen LogP contribution >= 0.6 is 0 Å². The molecule has 0 amide bonds. The fourth-order valence-corrected chi connectivity index (χ4v) is 2.00. The van der Waals surface area contributed by atoms with E-state index in [1.165, 1.54) is 24.1 Å². The molecule has 1 aromatic heterocycles. The smallest absolute Gasteiger partial charge is 0.141 e. The van der Waals surface area contributed by atoms with Crippen LogP contribution in [0.5, 0.6) is 0 Å². The van der Waals surface area contributed by atoms with Crippen molar-refractivity contribution < 1.29 is 0 Å². The quantitative estimate of drug-likeness (QED) is 0.765. The molecule has 0 aromatic carbocycles. The Morgan fingerprint density at radius 3 is 2.62 bits per heavy atom. The van der Waals surface area contributed by atoms with Crippen LogP contribution in [0.2, 0.25) is 0 Å². The van der Waals surface area contributed by atoms with E-state index in [9.17, 15) is 0 Å². The second-order valence-electron chi connectivity index (χ2n) is 4.53. The number of rotatable bonds is 2. The Morgan fingerprint density at radius 2 is 1.94 bits per heavy atom. The first kappa shape index (κ1) is 11.0. The van der Waals surface area contributed by atoms with Crippen LogP contribution in [0.25, 0.3) is 0 Å². The number of nitrogens with zero attached hydrogens (tertiary/aromatic N) is 4. The van der Waals surface area contributed by atoms with Crippen molar-refractivity contribution in [2.45, 2.75) is 39.5 Å². The maximum Gasteiger partial charge on any atom is 0.141 e. The van der Waals surface area contributed by atoms with Gasteiger partial charge in [-0.2, -0.15) is 5.10 Å². The minimum Gasteiger partial charge on any atom is -0.207 e. The van der Waals surface area contributed by atoms with Gasteiger partial charge in [-0.15, -0.1) is 10.2 Å². The predicted octanol–water partition coefficient (Wildman–Crippen LogP) is 2.64. The Bertz CT molecular complexity index is 387. The molecule has 16 heavy (non-hydrogen) atoms. The van der Waals surface area contributed by atoms with E-state index in [1.54, 1.807) is 17.3 Å². The van der Waals surface area contributed by atoms with Crippen molar-refractivity contribution >= 4 is 5.71 Å². The van der Waals surface area contributed by atoms with Gasteiger partial charge in [-0.25, -0.2) is 4.68 Å². The lowest BCUT2D eigenvalue weighted by Gasteiger charge is -2.17. The van der Waals surface area contributed by atoms with Crippen molar-refractivity contribution in [1.29, 1.82) is 0 Å². The Balaban J connectivity index is 2.23. The summed E-state index contributed by atoms with van der Waals surface area (Å²) >= 11 is 0. The third kappa shape index (κ3) is 2.78. The van der Waals surface area contributed by atoms with E-state index < -0.39 is 0 Å². The minimum absolute atomic E-state index is 0.583. The summed E-state index contributed by atoms with van der Waals surface area (Å²) in [6.07, 6.45) is 10.3. The molecule has 0 atom stereocenters. The van der Waals surface area contributed by atoms with Crippen molar-refractivity contribution in [1.82, 2.24) is 14.9 Å². The van der Waals surface area contributed by atoms with Gasteiger partial charge in [0.15, 0.2) is 0 Å². The molecule has 1 fully saturated rings. The van der Waals surface area contributed by atoms with Gasteiger partial charge in [0.2, 0.25) is 0 Å². The summed E-state index contributed by atoms with van der Waals surface area (Å²) in [7, 11) is 0. The van der Waals surface area contributed by atoms with E-state index >= 15 is 0 Å². The van der Waals surface area contributed by atoms with Gasteiger partial charge in [-0.3, -0.25) is 0 Å². The van der Waals surface area contributed by atoms with Crippen molar-refractivity contribution in [3.8, 4) is 0 Å². The number of hydrogen-bond donors (Lipinski definition) is 0. The Morgan fingerprint density at radius 1 is 1.25 bits per heavy atom. The Labute approximate surface area is 96.1 Å². The van der Waals surface area contributed by atoms with E-state index in [0.717, 1.165) is 12.8 Å². The highest BCUT2D eigenvalue weighted by atomic mass is 15.4. The first-order chi connectivity index (χ1) is 7.75. The normalized spacial score (nSPS) is 22.2. The zero-order valence-corrected chi connectivity index (χ0v) is 9.93. The topological polar surface area (TPSA) is 43.1 Å². The van der Waals surface area contributed by atoms with Crippen LogP contribution in [0, 0.1) is 5.92 Å². The highest BCUT2D eigenvalue weighted by Crippen LogP contribution is 2.22. The summed E-state index contributed by atoms with van der Waals surface area (Å²) in [6.45, 7) is 4.41. The first-order valence-electron chi connectivity index (χ1n) is 5.89. The molecule has 2 rings (SSSR count). The maximum absolute atomic E-state index is 4.55. The molecule has 4 nitrogen and oxygen atoms in total. The molecule has 86 valence electrons. The van der Waals surface area contributed by atoms with Crippen LogP contribution in [0.1, 0.15) is 39.5 Å². The lowest BCUT2D eigenvalue weighted by atomic mass is 9.91. The molecule has 1 saturated carbocycles. The highest BCUT2D eigenvalue weighted by molar-refractivity contribution is 6.00. The molecule has 4 heteroatoms. The lowest BCUT2D eigenvalue weighted by molar-refractivity contribution is 0.708. The van der Waals surface area contributed by atoms with E-state index in [0.29, 0.717) is 5.92 Å². The molecule has 0 saturated heterocycles. The van der Waals surface area contributed by atoms with E-state index in [4.69, 9.17) is 0 Å². The third-order valence-corrected chi connectivity index (χ3v) is 2.66. The first-order valence-corrected chi connectivity index (χ1v) is 5.89. The molecule has 0 radical (unpaired) electrons. The lowest BCUT2D eigenvalue weighted by Crippen LogP contribution is -2.11. The summed E-state index contributed by atoms with van der Waals surface area (Å²) in [4.78, 5) is 0. The molecule has 0 spiro atoms. The summed E-state index contributed by atoms with van der Waals surface area (Å²) in [5.41, 5.74) is 2.59. The largest absolute Gasteiger partial charge is 0.207 e. The molecule has 0 unspecified atom stereocenters. The zero-order chi connectivity index (χ0) is 11.4. The van der Waals surface area contributed by atoms with Gasteiger partial charge in [0.05, 0.1) is 5.71 Å². The molecular formula is C12H18N4. The summed E-state index contributed by atoms with van der Waals surface area (Å²) in [5, 5.41) is 12.1. The second-order valence-corrected chi connectivity index (χ2v) is 4.53. The van der Waals surface area contributed by atoms with Crippen LogP contribution in [-0.4, -0.2) is 20.6 Å². The summed E-state index contributed by atoms with van der Waals surface area (Å²) in [6, 6.07) is 0. The summed E-state index contributed by atoms with van der Waals surface area (Å²) < 4.78 is 1.69. The van der Waals surface area contributed by atoms with Gasteiger partial charge in [-0.1, -0.05) is 19.9 Å². The van der Waals surface area contributed by atoms with Crippen molar-refractivity contribution in [3.63, 3.8) is 0 Å². The maximum atomic E-state index is 4.55. The average Bonchev–Trinajstić information content (AvgIpc) is 2.73. The van der Waals surface area contributed by atoms with Gasteiger partial charge >= 0.3 is 0 Å². The van der Waals surface area contributed by atoms with Crippen molar-refractivity contribution in [2.75, 3.05) is 0 Å². The molecule has 0 aliphatic heterocycles. The van der Waals surface area contributed by atoms with Gasteiger partial charge in [0, 0.05) is 0 Å². The molecule has 0 N–H and O–H groups in total. The number of allylic oxidation sites excluding steroid dienone is 2. The van der Waals surface area contributed by atoms with Crippen molar-refractivity contribution in [2.24, 2.45) is 11.0 Å². The SMILES string of the molecule is CC(C)/C=C1\CCCC\C1=N\n1cnnc1. The predicted molar refractivity (Wildman–Crippen MR) is 64.2 cm³/mol. The number of aromatic nitrogens is 3. The van der Waals surface area contributed by atoms with E-state index in [1.807, 2.05) is 0 Å². The fourth-order valence-electron chi connectivity index (χ4n) is 2.00. The molecule has 1 aliphatic carbocycles. The number of hydrogen-bond acceptors (Lipinski definition) is 3. The van der Waals surface area contributed by atoms with Crippen LogP contribution in [0.3, 0.4) is 0 Å². The molecule has 1 heterocycles. The zero-order valence-electron chi connectivity index (χ0n) is 9.93. The van der Waals surface area contributed by atoms with Gasteiger partial charge in [0.1, 0.15) is 12.7 Å². The fraction of sp³-hybridized carbons (Fsp3) is 0.583.